The molecule has 0 saturated carbocycles. The number of hydrogen-bond acceptors (Lipinski definition) is 5. The maximum atomic E-state index is 13.0. The Labute approximate surface area is 156 Å². The summed E-state index contributed by atoms with van der Waals surface area (Å²) in [5.41, 5.74) is 1.44. The number of aromatic nitrogens is 2. The molecular formula is C17H19ClN4O3S. The number of pyridine rings is 1. The first kappa shape index (κ1) is 17.7. The van der Waals surface area contributed by atoms with E-state index >= 15 is 0 Å². The molecule has 9 heteroatoms. The van der Waals surface area contributed by atoms with Crippen LogP contribution in [-0.2, 0) is 10.0 Å². The molecule has 3 aromatic rings. The molecule has 0 aliphatic carbocycles. The highest BCUT2D eigenvalue weighted by molar-refractivity contribution is 7.89. The predicted octanol–water partition coefficient (Wildman–Crippen LogP) is 1.67. The summed E-state index contributed by atoms with van der Waals surface area (Å²) in [6.07, 6.45) is 1.61. The molecule has 2 aromatic heterocycles. The molecule has 0 unspecified atom stereocenters. The van der Waals surface area contributed by atoms with E-state index in [1.54, 1.807) is 30.5 Å². The second kappa shape index (κ2) is 6.79. The van der Waals surface area contributed by atoms with E-state index in [1.165, 1.54) is 4.31 Å². The monoisotopic (exact) mass is 394 g/mol. The van der Waals surface area contributed by atoms with Crippen molar-refractivity contribution in [3.05, 3.63) is 35.5 Å². The minimum Gasteiger partial charge on any atom is -0.395 e. The molecule has 1 aliphatic heterocycles. The summed E-state index contributed by atoms with van der Waals surface area (Å²) >= 11 is 6.29. The van der Waals surface area contributed by atoms with Gasteiger partial charge in [-0.3, -0.25) is 4.90 Å². The van der Waals surface area contributed by atoms with E-state index in [4.69, 9.17) is 16.7 Å². The number of piperazine rings is 1. The molecule has 0 amide bonds. The minimum absolute atomic E-state index is 0.0821. The van der Waals surface area contributed by atoms with Crippen LogP contribution in [0.4, 0.5) is 0 Å². The van der Waals surface area contributed by atoms with Crippen LogP contribution in [0.15, 0.2) is 35.4 Å². The number of nitrogens with one attached hydrogen (secondary N) is 1. The third-order valence-corrected chi connectivity index (χ3v) is 7.01. The predicted molar refractivity (Wildman–Crippen MR) is 101 cm³/mol. The van der Waals surface area contributed by atoms with Gasteiger partial charge in [-0.2, -0.15) is 4.31 Å². The summed E-state index contributed by atoms with van der Waals surface area (Å²) in [4.78, 5) is 9.73. The quantitative estimate of drug-likeness (QED) is 0.702. The van der Waals surface area contributed by atoms with E-state index in [-0.39, 0.29) is 11.5 Å². The van der Waals surface area contributed by atoms with Crippen molar-refractivity contribution in [2.24, 2.45) is 0 Å². The third-order valence-electron chi connectivity index (χ3n) is 4.80. The van der Waals surface area contributed by atoms with E-state index in [1.807, 2.05) is 0 Å². The van der Waals surface area contributed by atoms with Crippen molar-refractivity contribution in [1.29, 1.82) is 0 Å². The standard InChI is InChI=1S/C17H19ClN4O3S/c18-14-3-4-19-17-16(14)13-11-12(1-2-15(13)20-17)26(24,25)22-7-5-21(6-8-22)9-10-23/h1-4,11,23H,5-10H2,(H,19,20). The number of rotatable bonds is 4. The van der Waals surface area contributed by atoms with E-state index in [9.17, 15) is 8.42 Å². The average molecular weight is 395 g/mol. The lowest BCUT2D eigenvalue weighted by Crippen LogP contribution is -2.49. The zero-order chi connectivity index (χ0) is 18.3. The summed E-state index contributed by atoms with van der Waals surface area (Å²) in [6.45, 7) is 2.71. The molecule has 1 fully saturated rings. The van der Waals surface area contributed by atoms with Crippen molar-refractivity contribution in [2.45, 2.75) is 4.90 Å². The minimum atomic E-state index is -3.58. The zero-order valence-electron chi connectivity index (χ0n) is 14.0. The van der Waals surface area contributed by atoms with Crippen LogP contribution in [-0.4, -0.2) is 72.0 Å². The summed E-state index contributed by atoms with van der Waals surface area (Å²) < 4.78 is 27.6. The van der Waals surface area contributed by atoms with Gasteiger partial charge in [0.2, 0.25) is 10.0 Å². The lowest BCUT2D eigenvalue weighted by Gasteiger charge is -2.33. The molecule has 0 bridgehead atoms. The SMILES string of the molecule is O=S(=O)(c1ccc2[nH]c3nccc(Cl)c3c2c1)N1CCN(CCO)CC1. The van der Waals surface area contributed by atoms with Gasteiger partial charge in [0, 0.05) is 55.2 Å². The number of H-pyrrole nitrogens is 1. The van der Waals surface area contributed by atoms with Crippen LogP contribution in [0.25, 0.3) is 21.9 Å². The molecule has 4 rings (SSSR count). The number of nitrogens with zero attached hydrogens (tertiary/aromatic N) is 3. The highest BCUT2D eigenvalue weighted by atomic mass is 35.5. The van der Waals surface area contributed by atoms with Crippen LogP contribution in [0.3, 0.4) is 0 Å². The largest absolute Gasteiger partial charge is 0.395 e. The number of sulfonamides is 1. The lowest BCUT2D eigenvalue weighted by molar-refractivity contribution is 0.151. The van der Waals surface area contributed by atoms with Gasteiger partial charge in [0.1, 0.15) is 5.65 Å². The van der Waals surface area contributed by atoms with Gasteiger partial charge in [0.05, 0.1) is 16.5 Å². The highest BCUT2D eigenvalue weighted by Gasteiger charge is 2.28. The first-order chi connectivity index (χ1) is 12.5. The summed E-state index contributed by atoms with van der Waals surface area (Å²) in [6, 6.07) is 6.72. The van der Waals surface area contributed by atoms with Gasteiger partial charge in [-0.1, -0.05) is 11.6 Å². The maximum Gasteiger partial charge on any atom is 0.243 e. The van der Waals surface area contributed by atoms with Crippen molar-refractivity contribution in [3.63, 3.8) is 0 Å². The van der Waals surface area contributed by atoms with Crippen LogP contribution >= 0.6 is 11.6 Å². The zero-order valence-corrected chi connectivity index (χ0v) is 15.6. The second-order valence-electron chi connectivity index (χ2n) is 6.32. The Kier molecular flexibility index (Phi) is 4.62. The number of aliphatic hydroxyl groups is 1. The Bertz CT molecular complexity index is 1060. The van der Waals surface area contributed by atoms with Crippen LogP contribution in [0.5, 0.6) is 0 Å². The van der Waals surface area contributed by atoms with Gasteiger partial charge in [0.15, 0.2) is 0 Å². The number of aliphatic hydroxyl groups excluding tert-OH is 1. The fourth-order valence-electron chi connectivity index (χ4n) is 3.40. The maximum absolute atomic E-state index is 13.0. The number of halogens is 1. The van der Waals surface area contributed by atoms with Crippen molar-refractivity contribution in [3.8, 4) is 0 Å². The van der Waals surface area contributed by atoms with Crippen molar-refractivity contribution >= 4 is 43.6 Å². The summed E-state index contributed by atoms with van der Waals surface area (Å²) in [5, 5.41) is 11.0. The van der Waals surface area contributed by atoms with Crippen LogP contribution in [0.1, 0.15) is 0 Å². The molecule has 0 atom stereocenters. The van der Waals surface area contributed by atoms with Crippen molar-refractivity contribution in [2.75, 3.05) is 39.3 Å². The van der Waals surface area contributed by atoms with E-state index in [2.05, 4.69) is 14.9 Å². The van der Waals surface area contributed by atoms with Gasteiger partial charge in [-0.15, -0.1) is 0 Å². The average Bonchev–Trinajstić information content (AvgIpc) is 3.01. The Morgan fingerprint density at radius 2 is 1.96 bits per heavy atom. The molecule has 7 nitrogen and oxygen atoms in total. The Morgan fingerprint density at radius 1 is 1.19 bits per heavy atom. The normalized spacial score (nSPS) is 17.3. The molecule has 26 heavy (non-hydrogen) atoms. The fourth-order valence-corrected chi connectivity index (χ4v) is 5.10. The summed E-state index contributed by atoms with van der Waals surface area (Å²) in [5.74, 6) is 0. The molecule has 1 aliphatic rings. The fraction of sp³-hybridized carbons (Fsp3) is 0.353. The van der Waals surface area contributed by atoms with Crippen LogP contribution < -0.4 is 0 Å². The molecule has 0 radical (unpaired) electrons. The van der Waals surface area contributed by atoms with Crippen molar-refractivity contribution < 1.29 is 13.5 Å². The molecule has 138 valence electrons. The molecule has 1 aromatic carbocycles. The number of β-amino-alcohol motifs (C(OH)–C–C–N with tert-alkyl or cyclic N) is 1. The van der Waals surface area contributed by atoms with Gasteiger partial charge in [0.25, 0.3) is 0 Å². The number of benzene rings is 1. The van der Waals surface area contributed by atoms with Gasteiger partial charge in [-0.25, -0.2) is 13.4 Å². The lowest BCUT2D eigenvalue weighted by atomic mass is 10.2. The second-order valence-corrected chi connectivity index (χ2v) is 8.66. The molecular weight excluding hydrogens is 376 g/mol. The number of aromatic amines is 1. The molecule has 0 spiro atoms. The van der Waals surface area contributed by atoms with Crippen LogP contribution in [0.2, 0.25) is 5.02 Å². The molecule has 3 heterocycles. The number of hydrogen-bond donors (Lipinski definition) is 2. The Balaban J connectivity index is 1.71. The summed E-state index contributed by atoms with van der Waals surface area (Å²) in [7, 11) is -3.58. The molecule has 1 saturated heterocycles. The number of fused-ring (bicyclic) bond motifs is 3. The first-order valence-corrected chi connectivity index (χ1v) is 10.2. The first-order valence-electron chi connectivity index (χ1n) is 8.40. The third kappa shape index (κ3) is 2.97. The van der Waals surface area contributed by atoms with Gasteiger partial charge < -0.3 is 10.1 Å². The Morgan fingerprint density at radius 3 is 2.69 bits per heavy atom. The van der Waals surface area contributed by atoms with E-state index in [0.717, 1.165) is 16.3 Å². The van der Waals surface area contributed by atoms with Gasteiger partial charge in [-0.05, 0) is 24.3 Å². The Hall–Kier alpha value is -1.71. The van der Waals surface area contributed by atoms with Crippen molar-refractivity contribution in [1.82, 2.24) is 19.2 Å². The highest BCUT2D eigenvalue weighted by Crippen LogP contribution is 2.32. The van der Waals surface area contributed by atoms with Crippen LogP contribution in [0, 0.1) is 0 Å². The molecule has 2 N–H and O–H groups in total. The van der Waals surface area contributed by atoms with E-state index < -0.39 is 10.0 Å². The van der Waals surface area contributed by atoms with E-state index in [0.29, 0.717) is 43.4 Å². The topological polar surface area (TPSA) is 89.5 Å². The van der Waals surface area contributed by atoms with Gasteiger partial charge >= 0.3 is 0 Å². The smallest absolute Gasteiger partial charge is 0.243 e.